The van der Waals surface area contributed by atoms with E-state index in [0.29, 0.717) is 17.7 Å². The Balaban J connectivity index is 2.59. The predicted octanol–water partition coefficient (Wildman–Crippen LogP) is 1.24. The number of benzene rings is 1. The average molecular weight is 286 g/mol. The Morgan fingerprint density at radius 3 is 2.42 bits per heavy atom. The topological polar surface area (TPSA) is 92.4 Å². The molecule has 6 heteroatoms. The number of anilines is 1. The molecule has 0 aliphatic carbocycles. The number of aliphatic hydroxyl groups is 1. The first kappa shape index (κ1) is 15.9. The van der Waals surface area contributed by atoms with Crippen LogP contribution in [0, 0.1) is 0 Å². The summed E-state index contributed by atoms with van der Waals surface area (Å²) >= 11 is 0. The molecule has 0 aliphatic rings. The van der Waals surface area contributed by atoms with E-state index < -0.39 is 15.6 Å². The number of nitrogen functional groups attached to an aromatic ring is 1. The van der Waals surface area contributed by atoms with Crippen LogP contribution in [0.25, 0.3) is 0 Å². The highest BCUT2D eigenvalue weighted by molar-refractivity contribution is 7.88. The fraction of sp³-hybridized carbons (Fsp3) is 0.538. The summed E-state index contributed by atoms with van der Waals surface area (Å²) in [7, 11) is -3.45. The van der Waals surface area contributed by atoms with Gasteiger partial charge >= 0.3 is 0 Å². The van der Waals surface area contributed by atoms with Crippen molar-refractivity contribution in [3.63, 3.8) is 0 Å². The summed E-state index contributed by atoms with van der Waals surface area (Å²) in [5, 5.41) is 9.94. The molecule has 1 rings (SSSR count). The normalized spacial score (nSPS) is 15.1. The van der Waals surface area contributed by atoms with Crippen molar-refractivity contribution in [1.29, 1.82) is 0 Å². The van der Waals surface area contributed by atoms with Gasteiger partial charge in [0.1, 0.15) is 0 Å². The van der Waals surface area contributed by atoms with E-state index in [1.165, 1.54) is 0 Å². The van der Waals surface area contributed by atoms with Crippen molar-refractivity contribution in [2.45, 2.75) is 38.0 Å². The molecule has 19 heavy (non-hydrogen) atoms. The van der Waals surface area contributed by atoms with E-state index in [4.69, 9.17) is 5.73 Å². The minimum atomic E-state index is -3.45. The SMILES string of the molecule is CCCC(C)(O)CNS(=O)(=O)Cc1ccc(N)cc1. The Morgan fingerprint density at radius 2 is 1.89 bits per heavy atom. The van der Waals surface area contributed by atoms with Gasteiger partial charge in [-0.15, -0.1) is 0 Å². The minimum absolute atomic E-state index is 0.0259. The number of sulfonamides is 1. The van der Waals surface area contributed by atoms with Gasteiger partial charge in [0.2, 0.25) is 10.0 Å². The number of rotatable bonds is 7. The quantitative estimate of drug-likeness (QED) is 0.657. The monoisotopic (exact) mass is 286 g/mol. The van der Waals surface area contributed by atoms with E-state index in [1.807, 2.05) is 6.92 Å². The molecule has 0 aliphatic heterocycles. The van der Waals surface area contributed by atoms with Crippen LogP contribution in [-0.4, -0.2) is 25.7 Å². The summed E-state index contributed by atoms with van der Waals surface area (Å²) in [6.07, 6.45) is 1.35. The van der Waals surface area contributed by atoms with E-state index in [2.05, 4.69) is 4.72 Å². The van der Waals surface area contributed by atoms with Crippen molar-refractivity contribution in [2.75, 3.05) is 12.3 Å². The zero-order valence-corrected chi connectivity index (χ0v) is 12.2. The average Bonchev–Trinajstić information content (AvgIpc) is 2.30. The highest BCUT2D eigenvalue weighted by Crippen LogP contribution is 2.12. The number of nitrogens with one attached hydrogen (secondary N) is 1. The van der Waals surface area contributed by atoms with E-state index in [1.54, 1.807) is 31.2 Å². The van der Waals surface area contributed by atoms with Crippen molar-refractivity contribution >= 4 is 15.7 Å². The molecule has 0 bridgehead atoms. The molecular formula is C13H22N2O3S. The van der Waals surface area contributed by atoms with Gasteiger partial charge < -0.3 is 10.8 Å². The molecule has 0 heterocycles. The summed E-state index contributed by atoms with van der Waals surface area (Å²) in [6, 6.07) is 6.69. The van der Waals surface area contributed by atoms with Crippen LogP contribution in [0.3, 0.4) is 0 Å². The Labute approximate surface area is 114 Å². The fourth-order valence-electron chi connectivity index (χ4n) is 1.78. The molecule has 0 radical (unpaired) electrons. The van der Waals surface area contributed by atoms with E-state index in [9.17, 15) is 13.5 Å². The lowest BCUT2D eigenvalue weighted by atomic mass is 10.0. The Morgan fingerprint density at radius 1 is 1.32 bits per heavy atom. The zero-order chi connectivity index (χ0) is 14.5. The Hall–Kier alpha value is -1.11. The molecule has 0 aromatic heterocycles. The summed E-state index contributed by atoms with van der Waals surface area (Å²) < 4.78 is 26.2. The molecule has 0 amide bonds. The lowest BCUT2D eigenvalue weighted by molar-refractivity contribution is 0.0554. The van der Waals surface area contributed by atoms with Crippen LogP contribution >= 0.6 is 0 Å². The predicted molar refractivity (Wildman–Crippen MR) is 77.0 cm³/mol. The maximum atomic E-state index is 11.9. The van der Waals surface area contributed by atoms with E-state index >= 15 is 0 Å². The number of hydrogen-bond acceptors (Lipinski definition) is 4. The zero-order valence-electron chi connectivity index (χ0n) is 11.4. The van der Waals surface area contributed by atoms with Gasteiger partial charge in [-0.2, -0.15) is 0 Å². The van der Waals surface area contributed by atoms with Crippen LogP contribution in [0.4, 0.5) is 5.69 Å². The largest absolute Gasteiger partial charge is 0.399 e. The van der Waals surface area contributed by atoms with Crippen LogP contribution < -0.4 is 10.5 Å². The van der Waals surface area contributed by atoms with Gasteiger partial charge in [0.15, 0.2) is 0 Å². The van der Waals surface area contributed by atoms with Crippen molar-refractivity contribution in [2.24, 2.45) is 0 Å². The maximum absolute atomic E-state index is 11.9. The third-order valence-electron chi connectivity index (χ3n) is 2.80. The molecule has 1 atom stereocenters. The highest BCUT2D eigenvalue weighted by Gasteiger charge is 2.22. The standard InChI is InChI=1S/C13H22N2O3S/c1-3-8-13(2,16)10-15-19(17,18)9-11-4-6-12(14)7-5-11/h4-7,15-16H,3,8-10,14H2,1-2H3. The molecule has 1 aromatic rings. The smallest absolute Gasteiger partial charge is 0.215 e. The van der Waals surface area contributed by atoms with Crippen molar-refractivity contribution in [1.82, 2.24) is 4.72 Å². The van der Waals surface area contributed by atoms with Gasteiger partial charge in [0.05, 0.1) is 11.4 Å². The molecule has 0 saturated heterocycles. The molecule has 0 spiro atoms. The number of hydrogen-bond donors (Lipinski definition) is 3. The summed E-state index contributed by atoms with van der Waals surface area (Å²) in [5.41, 5.74) is 5.79. The van der Waals surface area contributed by atoms with Crippen LogP contribution in [0.5, 0.6) is 0 Å². The summed E-state index contributed by atoms with van der Waals surface area (Å²) in [6.45, 7) is 3.59. The molecule has 1 unspecified atom stereocenters. The summed E-state index contributed by atoms with van der Waals surface area (Å²) in [4.78, 5) is 0. The second-order valence-electron chi connectivity index (χ2n) is 5.07. The van der Waals surface area contributed by atoms with Crippen LogP contribution in [0.1, 0.15) is 32.3 Å². The lowest BCUT2D eigenvalue weighted by Crippen LogP contribution is -2.40. The highest BCUT2D eigenvalue weighted by atomic mass is 32.2. The molecular weight excluding hydrogens is 264 g/mol. The Bertz CT molecular complexity index is 495. The van der Waals surface area contributed by atoms with Gasteiger partial charge in [0, 0.05) is 12.2 Å². The molecule has 1 aromatic carbocycles. The second-order valence-corrected chi connectivity index (χ2v) is 6.88. The van der Waals surface area contributed by atoms with Crippen LogP contribution in [0.2, 0.25) is 0 Å². The Kier molecular flexibility index (Phi) is 5.34. The van der Waals surface area contributed by atoms with Crippen LogP contribution in [0.15, 0.2) is 24.3 Å². The fourth-order valence-corrected chi connectivity index (χ4v) is 3.04. The lowest BCUT2D eigenvalue weighted by Gasteiger charge is -2.22. The first-order valence-electron chi connectivity index (χ1n) is 6.28. The molecule has 108 valence electrons. The van der Waals surface area contributed by atoms with Crippen molar-refractivity contribution in [3.8, 4) is 0 Å². The molecule has 0 fully saturated rings. The maximum Gasteiger partial charge on any atom is 0.215 e. The molecule has 0 saturated carbocycles. The first-order valence-corrected chi connectivity index (χ1v) is 7.93. The van der Waals surface area contributed by atoms with Gasteiger partial charge in [-0.1, -0.05) is 25.5 Å². The summed E-state index contributed by atoms with van der Waals surface area (Å²) in [5.74, 6) is -0.116. The van der Waals surface area contributed by atoms with Gasteiger partial charge in [-0.25, -0.2) is 13.1 Å². The molecule has 5 nitrogen and oxygen atoms in total. The van der Waals surface area contributed by atoms with Crippen LogP contribution in [-0.2, 0) is 15.8 Å². The number of nitrogens with two attached hydrogens (primary N) is 1. The van der Waals surface area contributed by atoms with E-state index in [-0.39, 0.29) is 12.3 Å². The van der Waals surface area contributed by atoms with Crippen molar-refractivity contribution < 1.29 is 13.5 Å². The molecule has 4 N–H and O–H groups in total. The third kappa shape index (κ3) is 6.04. The van der Waals surface area contributed by atoms with Gasteiger partial charge in [0.25, 0.3) is 0 Å². The minimum Gasteiger partial charge on any atom is -0.399 e. The van der Waals surface area contributed by atoms with E-state index in [0.717, 1.165) is 6.42 Å². The second kappa shape index (κ2) is 6.36. The van der Waals surface area contributed by atoms with Crippen molar-refractivity contribution in [3.05, 3.63) is 29.8 Å². The third-order valence-corrected chi connectivity index (χ3v) is 4.10. The van der Waals surface area contributed by atoms with Gasteiger partial charge in [-0.05, 0) is 31.0 Å². The first-order chi connectivity index (χ1) is 8.74. The van der Waals surface area contributed by atoms with Gasteiger partial charge in [-0.3, -0.25) is 0 Å².